The smallest absolute Gasteiger partial charge is 0.0912 e. The zero-order chi connectivity index (χ0) is 8.74. The normalized spacial score (nSPS) is 11.9. The van der Waals surface area contributed by atoms with E-state index in [1.54, 1.807) is 0 Å². The Morgan fingerprint density at radius 1 is 0.818 bits per heavy atom. The van der Waals surface area contributed by atoms with Gasteiger partial charge in [0.15, 0.2) is 0 Å². The second-order valence-electron chi connectivity index (χ2n) is 2.30. The van der Waals surface area contributed by atoms with Gasteiger partial charge in [-0.1, -0.05) is 0 Å². The van der Waals surface area contributed by atoms with Crippen molar-refractivity contribution in [1.29, 1.82) is 0 Å². The average molecular weight is 237 g/mol. The molecule has 0 aliphatic heterocycles. The van der Waals surface area contributed by atoms with Gasteiger partial charge in [-0.15, -0.1) is 34.8 Å². The second kappa shape index (κ2) is 6.60. The standard InChI is InChI=1S/C6H12Cl3OP/c7-1-4-11(10,5-2-8)6-3-9/h1-6H2. The molecule has 0 heterocycles. The summed E-state index contributed by atoms with van der Waals surface area (Å²) >= 11 is 16.5. The van der Waals surface area contributed by atoms with Gasteiger partial charge >= 0.3 is 0 Å². The summed E-state index contributed by atoms with van der Waals surface area (Å²) in [5.74, 6) is 1.31. The first-order valence-electron chi connectivity index (χ1n) is 3.43. The van der Waals surface area contributed by atoms with Crippen molar-refractivity contribution in [2.45, 2.75) is 0 Å². The molecule has 11 heavy (non-hydrogen) atoms. The molecular formula is C6H12Cl3OP. The van der Waals surface area contributed by atoms with Crippen LogP contribution in [0.4, 0.5) is 0 Å². The minimum atomic E-state index is -2.12. The van der Waals surface area contributed by atoms with Gasteiger partial charge in [0.25, 0.3) is 0 Å². The highest BCUT2D eigenvalue weighted by molar-refractivity contribution is 7.64. The van der Waals surface area contributed by atoms with Crippen LogP contribution >= 0.6 is 41.9 Å². The molecule has 0 N–H and O–H groups in total. The van der Waals surface area contributed by atoms with Crippen molar-refractivity contribution in [1.82, 2.24) is 0 Å². The largest absolute Gasteiger partial charge is 0.323 e. The minimum Gasteiger partial charge on any atom is -0.323 e. The first kappa shape index (κ1) is 12.1. The van der Waals surface area contributed by atoms with Crippen molar-refractivity contribution in [2.24, 2.45) is 0 Å². The average Bonchev–Trinajstić information content (AvgIpc) is 1.88. The minimum absolute atomic E-state index is 0.436. The lowest BCUT2D eigenvalue weighted by Crippen LogP contribution is -2.03. The highest BCUT2D eigenvalue weighted by Gasteiger charge is 2.19. The van der Waals surface area contributed by atoms with Crippen LogP contribution in [-0.4, -0.2) is 36.1 Å². The molecule has 0 bridgehead atoms. The quantitative estimate of drug-likeness (QED) is 0.512. The number of hydrogen-bond acceptors (Lipinski definition) is 1. The molecule has 0 aliphatic carbocycles. The van der Waals surface area contributed by atoms with Gasteiger partial charge in [-0.25, -0.2) is 0 Å². The van der Waals surface area contributed by atoms with Gasteiger partial charge in [0, 0.05) is 36.1 Å². The van der Waals surface area contributed by atoms with E-state index in [4.69, 9.17) is 34.8 Å². The van der Waals surface area contributed by atoms with Crippen molar-refractivity contribution in [2.75, 3.05) is 36.1 Å². The topological polar surface area (TPSA) is 17.1 Å². The molecule has 5 heteroatoms. The molecular weight excluding hydrogens is 225 g/mol. The zero-order valence-corrected chi connectivity index (χ0v) is 9.39. The van der Waals surface area contributed by atoms with Gasteiger partial charge in [-0.05, 0) is 0 Å². The Bertz CT molecular complexity index is 116. The molecule has 0 amide bonds. The lowest BCUT2D eigenvalue weighted by Gasteiger charge is -2.13. The van der Waals surface area contributed by atoms with E-state index >= 15 is 0 Å². The van der Waals surface area contributed by atoms with Crippen LogP contribution < -0.4 is 0 Å². The molecule has 0 aromatic carbocycles. The molecule has 0 atom stereocenters. The van der Waals surface area contributed by atoms with Crippen LogP contribution in [0.15, 0.2) is 0 Å². The van der Waals surface area contributed by atoms with E-state index < -0.39 is 7.14 Å². The van der Waals surface area contributed by atoms with Crippen LogP contribution in [0.25, 0.3) is 0 Å². The first-order valence-corrected chi connectivity index (χ1v) is 7.30. The first-order chi connectivity index (χ1) is 5.18. The van der Waals surface area contributed by atoms with Crippen LogP contribution in [0, 0.1) is 0 Å². The molecule has 0 saturated carbocycles. The molecule has 0 radical (unpaired) electrons. The van der Waals surface area contributed by atoms with E-state index in [1.807, 2.05) is 0 Å². The van der Waals surface area contributed by atoms with Gasteiger partial charge in [-0.2, -0.15) is 0 Å². The monoisotopic (exact) mass is 236 g/mol. The van der Waals surface area contributed by atoms with Crippen LogP contribution in [-0.2, 0) is 4.57 Å². The number of halogens is 3. The van der Waals surface area contributed by atoms with Crippen molar-refractivity contribution < 1.29 is 4.57 Å². The van der Waals surface area contributed by atoms with Gasteiger partial charge in [0.2, 0.25) is 0 Å². The van der Waals surface area contributed by atoms with Crippen molar-refractivity contribution in [3.8, 4) is 0 Å². The molecule has 0 unspecified atom stereocenters. The number of rotatable bonds is 6. The van der Waals surface area contributed by atoms with E-state index in [1.165, 1.54) is 0 Å². The third-order valence-electron chi connectivity index (χ3n) is 1.48. The van der Waals surface area contributed by atoms with Gasteiger partial charge in [-0.3, -0.25) is 0 Å². The highest BCUT2D eigenvalue weighted by Crippen LogP contribution is 2.45. The van der Waals surface area contributed by atoms with Gasteiger partial charge < -0.3 is 4.57 Å². The molecule has 0 aromatic rings. The fourth-order valence-electron chi connectivity index (χ4n) is 0.797. The maximum atomic E-state index is 11.8. The Hall–Kier alpha value is 1.10. The maximum absolute atomic E-state index is 11.8. The summed E-state index contributed by atoms with van der Waals surface area (Å²) in [5, 5.41) is 0. The number of hydrogen-bond donors (Lipinski definition) is 0. The molecule has 0 rings (SSSR count). The van der Waals surface area contributed by atoms with Crippen molar-refractivity contribution in [3.05, 3.63) is 0 Å². The molecule has 0 fully saturated rings. The van der Waals surface area contributed by atoms with E-state index in [2.05, 4.69) is 0 Å². The third kappa shape index (κ3) is 5.36. The summed E-state index contributed by atoms with van der Waals surface area (Å²) in [4.78, 5) is 0. The fourth-order valence-corrected chi connectivity index (χ4v) is 5.16. The SMILES string of the molecule is O=P(CCCl)(CCCl)CCCl. The Morgan fingerprint density at radius 2 is 1.09 bits per heavy atom. The highest BCUT2D eigenvalue weighted by atomic mass is 35.5. The summed E-state index contributed by atoms with van der Waals surface area (Å²) in [7, 11) is -2.12. The molecule has 1 nitrogen and oxygen atoms in total. The molecule has 0 aromatic heterocycles. The van der Waals surface area contributed by atoms with E-state index in [9.17, 15) is 4.57 Å². The van der Waals surface area contributed by atoms with Crippen LogP contribution in [0.1, 0.15) is 0 Å². The van der Waals surface area contributed by atoms with E-state index in [0.717, 1.165) is 0 Å². The maximum Gasteiger partial charge on any atom is 0.0912 e. The predicted molar refractivity (Wildman–Crippen MR) is 54.4 cm³/mol. The Morgan fingerprint density at radius 3 is 1.27 bits per heavy atom. The van der Waals surface area contributed by atoms with Crippen molar-refractivity contribution >= 4 is 41.9 Å². The van der Waals surface area contributed by atoms with E-state index in [-0.39, 0.29) is 0 Å². The fraction of sp³-hybridized carbons (Fsp3) is 1.00. The summed E-state index contributed by atoms with van der Waals surface area (Å²) in [5.41, 5.74) is 0. The van der Waals surface area contributed by atoms with Gasteiger partial charge in [0.1, 0.15) is 0 Å². The molecule has 68 valence electrons. The summed E-state index contributed by atoms with van der Waals surface area (Å²) in [6.07, 6.45) is 1.69. The van der Waals surface area contributed by atoms with Crippen molar-refractivity contribution in [3.63, 3.8) is 0 Å². The summed E-state index contributed by atoms with van der Waals surface area (Å²) in [6.45, 7) is 0. The molecule has 0 saturated heterocycles. The van der Waals surface area contributed by atoms with Crippen LogP contribution in [0.5, 0.6) is 0 Å². The van der Waals surface area contributed by atoms with Crippen LogP contribution in [0.2, 0.25) is 0 Å². The Kier molecular flexibility index (Phi) is 7.26. The van der Waals surface area contributed by atoms with Gasteiger partial charge in [0.05, 0.1) is 7.14 Å². The Labute approximate surface area is 82.8 Å². The second-order valence-corrected chi connectivity index (χ2v) is 6.89. The lowest BCUT2D eigenvalue weighted by atomic mass is 10.9. The summed E-state index contributed by atoms with van der Waals surface area (Å²) in [6, 6.07) is 0. The lowest BCUT2D eigenvalue weighted by molar-refractivity contribution is 0.577. The third-order valence-corrected chi connectivity index (χ3v) is 5.95. The van der Waals surface area contributed by atoms with Crippen LogP contribution in [0.3, 0.4) is 0 Å². The zero-order valence-electron chi connectivity index (χ0n) is 6.23. The summed E-state index contributed by atoms with van der Waals surface area (Å²) < 4.78 is 11.8. The number of alkyl halides is 3. The Balaban J connectivity index is 3.91. The molecule has 0 spiro atoms. The van der Waals surface area contributed by atoms with E-state index in [0.29, 0.717) is 36.1 Å². The molecule has 0 aliphatic rings. The predicted octanol–water partition coefficient (Wildman–Crippen LogP) is 3.07.